The number of esters is 1. The Balaban J connectivity index is 1.59. The van der Waals surface area contributed by atoms with Gasteiger partial charge < -0.3 is 9.15 Å². The average molecular weight is 303 g/mol. The smallest absolute Gasteiger partial charge is 0.357 e. The van der Waals surface area contributed by atoms with E-state index in [0.29, 0.717) is 24.1 Å². The van der Waals surface area contributed by atoms with Gasteiger partial charge >= 0.3 is 5.97 Å². The number of carbonyl (C=O) groups excluding carboxylic acids is 1. The van der Waals surface area contributed by atoms with Crippen molar-refractivity contribution in [3.8, 4) is 10.6 Å². The molecule has 0 bridgehead atoms. The number of aromatic nitrogens is 1. The molecule has 2 atom stereocenters. The van der Waals surface area contributed by atoms with Crippen LogP contribution in [0.3, 0.4) is 0 Å². The summed E-state index contributed by atoms with van der Waals surface area (Å²) < 4.78 is 10.4. The molecule has 110 valence electrons. The number of nitrogens with zero attached hydrogens (tertiary/aromatic N) is 1. The van der Waals surface area contributed by atoms with Gasteiger partial charge in [-0.3, -0.25) is 0 Å². The van der Waals surface area contributed by atoms with E-state index in [4.69, 9.17) is 9.15 Å². The number of carbonyl (C=O) groups is 1. The van der Waals surface area contributed by atoms with Crippen LogP contribution in [-0.2, 0) is 4.74 Å². The Morgan fingerprint density at radius 1 is 1.48 bits per heavy atom. The number of allylic oxidation sites excluding steroid dienone is 2. The van der Waals surface area contributed by atoms with Gasteiger partial charge in [-0.15, -0.1) is 11.3 Å². The number of hydrogen-bond acceptors (Lipinski definition) is 5. The molecule has 1 aliphatic rings. The molecule has 3 rings (SSSR count). The summed E-state index contributed by atoms with van der Waals surface area (Å²) in [6.07, 6.45) is 9.60. The number of thiazole rings is 1. The van der Waals surface area contributed by atoms with Crippen molar-refractivity contribution < 1.29 is 13.9 Å². The zero-order chi connectivity index (χ0) is 14.7. The summed E-state index contributed by atoms with van der Waals surface area (Å²) in [5, 5.41) is 2.50. The van der Waals surface area contributed by atoms with Crippen LogP contribution in [0.2, 0.25) is 0 Å². The highest BCUT2D eigenvalue weighted by Gasteiger charge is 2.21. The van der Waals surface area contributed by atoms with E-state index in [0.717, 1.165) is 23.4 Å². The van der Waals surface area contributed by atoms with Gasteiger partial charge in [-0.2, -0.15) is 0 Å². The van der Waals surface area contributed by atoms with E-state index >= 15 is 0 Å². The van der Waals surface area contributed by atoms with Crippen molar-refractivity contribution in [3.05, 3.63) is 41.8 Å². The Morgan fingerprint density at radius 3 is 3.10 bits per heavy atom. The molecule has 21 heavy (non-hydrogen) atoms. The fourth-order valence-corrected chi connectivity index (χ4v) is 3.16. The maximum Gasteiger partial charge on any atom is 0.357 e. The van der Waals surface area contributed by atoms with Crippen LogP contribution in [0.15, 0.2) is 40.5 Å². The lowest BCUT2D eigenvalue weighted by molar-refractivity contribution is 0.0389. The highest BCUT2D eigenvalue weighted by Crippen LogP contribution is 2.26. The molecule has 0 fully saturated rings. The zero-order valence-corrected chi connectivity index (χ0v) is 12.6. The molecule has 0 saturated heterocycles. The Hall–Kier alpha value is -1.88. The molecule has 0 amide bonds. The first-order valence-electron chi connectivity index (χ1n) is 7.04. The Bertz CT molecular complexity index is 630. The van der Waals surface area contributed by atoms with Gasteiger partial charge in [0.1, 0.15) is 11.3 Å². The second-order valence-corrected chi connectivity index (χ2v) is 6.19. The van der Waals surface area contributed by atoms with Gasteiger partial charge in [-0.1, -0.05) is 19.1 Å². The van der Waals surface area contributed by atoms with E-state index in [-0.39, 0.29) is 5.97 Å². The maximum absolute atomic E-state index is 12.1. The maximum atomic E-state index is 12.1. The summed E-state index contributed by atoms with van der Waals surface area (Å²) in [5.74, 6) is 0.619. The summed E-state index contributed by atoms with van der Waals surface area (Å²) >= 11 is 1.41. The Labute approximate surface area is 127 Å². The number of ether oxygens (including phenoxy) is 1. The van der Waals surface area contributed by atoms with Crippen LogP contribution in [0.5, 0.6) is 0 Å². The van der Waals surface area contributed by atoms with E-state index in [2.05, 4.69) is 24.1 Å². The lowest BCUT2D eigenvalue weighted by atomic mass is 9.85. The zero-order valence-electron chi connectivity index (χ0n) is 11.8. The minimum atomic E-state index is -0.345. The number of furan rings is 1. The average Bonchev–Trinajstić information content (AvgIpc) is 3.16. The van der Waals surface area contributed by atoms with Crippen LogP contribution in [0.25, 0.3) is 10.6 Å². The second kappa shape index (κ2) is 6.26. The topological polar surface area (TPSA) is 52.3 Å². The number of rotatable bonds is 4. The molecular weight excluding hydrogens is 286 g/mol. The van der Waals surface area contributed by atoms with E-state index in [1.807, 2.05) is 6.07 Å². The molecule has 2 aromatic rings. The van der Waals surface area contributed by atoms with Crippen LogP contribution >= 0.6 is 11.3 Å². The molecule has 2 aromatic heterocycles. The molecule has 2 heterocycles. The lowest BCUT2D eigenvalue weighted by Crippen LogP contribution is -2.21. The summed E-state index contributed by atoms with van der Waals surface area (Å²) in [7, 11) is 0. The molecular formula is C16H17NO3S. The van der Waals surface area contributed by atoms with Gasteiger partial charge in [-0.05, 0) is 30.7 Å². The Morgan fingerprint density at radius 2 is 2.33 bits per heavy atom. The van der Waals surface area contributed by atoms with Crippen molar-refractivity contribution in [1.82, 2.24) is 4.98 Å². The minimum absolute atomic E-state index is 0.345. The monoisotopic (exact) mass is 303 g/mol. The first kappa shape index (κ1) is 14.1. The molecule has 0 radical (unpaired) electrons. The van der Waals surface area contributed by atoms with Crippen LogP contribution in [0.4, 0.5) is 0 Å². The normalized spacial score (nSPS) is 21.4. The molecule has 5 heteroatoms. The predicted octanol–water partition coefficient (Wildman–Crippen LogP) is 4.16. The molecule has 0 spiro atoms. The first-order chi connectivity index (χ1) is 10.2. The largest absolute Gasteiger partial charge is 0.472 e. The van der Waals surface area contributed by atoms with Crippen LogP contribution in [0.1, 0.15) is 30.3 Å². The van der Waals surface area contributed by atoms with Crippen LogP contribution in [0, 0.1) is 11.8 Å². The lowest BCUT2D eigenvalue weighted by Gasteiger charge is -2.24. The van der Waals surface area contributed by atoms with Gasteiger partial charge in [0.2, 0.25) is 0 Å². The summed E-state index contributed by atoms with van der Waals surface area (Å²) in [5.41, 5.74) is 1.25. The minimum Gasteiger partial charge on any atom is -0.472 e. The molecule has 0 saturated carbocycles. The van der Waals surface area contributed by atoms with Crippen molar-refractivity contribution in [2.75, 3.05) is 6.61 Å². The van der Waals surface area contributed by atoms with Crippen molar-refractivity contribution in [3.63, 3.8) is 0 Å². The fourth-order valence-electron chi connectivity index (χ4n) is 2.38. The van der Waals surface area contributed by atoms with Crippen molar-refractivity contribution >= 4 is 17.3 Å². The molecule has 0 aromatic carbocycles. The SMILES string of the molecule is CC1CC=CCC1COC(=O)c1csc(-c2ccoc2)n1. The van der Waals surface area contributed by atoms with Crippen LogP contribution in [-0.4, -0.2) is 17.6 Å². The molecule has 1 aliphatic carbocycles. The molecule has 0 N–H and O–H groups in total. The predicted molar refractivity (Wildman–Crippen MR) is 81.1 cm³/mol. The summed E-state index contributed by atoms with van der Waals surface area (Å²) in [6.45, 7) is 2.66. The molecule has 4 nitrogen and oxygen atoms in total. The van der Waals surface area contributed by atoms with Gasteiger partial charge in [0.25, 0.3) is 0 Å². The highest BCUT2D eigenvalue weighted by atomic mass is 32.1. The van der Waals surface area contributed by atoms with Gasteiger partial charge in [-0.25, -0.2) is 9.78 Å². The summed E-state index contributed by atoms with van der Waals surface area (Å²) in [6, 6.07) is 1.82. The third kappa shape index (κ3) is 3.24. The van der Waals surface area contributed by atoms with E-state index in [9.17, 15) is 4.79 Å². The third-order valence-corrected chi connectivity index (χ3v) is 4.72. The Kier molecular flexibility index (Phi) is 4.20. The first-order valence-corrected chi connectivity index (χ1v) is 7.92. The van der Waals surface area contributed by atoms with E-state index in [1.54, 1.807) is 17.9 Å². The van der Waals surface area contributed by atoms with Crippen LogP contribution < -0.4 is 0 Å². The van der Waals surface area contributed by atoms with E-state index < -0.39 is 0 Å². The van der Waals surface area contributed by atoms with E-state index in [1.165, 1.54) is 11.3 Å². The van der Waals surface area contributed by atoms with Crippen molar-refractivity contribution in [2.45, 2.75) is 19.8 Å². The summed E-state index contributed by atoms with van der Waals surface area (Å²) in [4.78, 5) is 16.4. The number of hydrogen-bond donors (Lipinski definition) is 0. The van der Waals surface area contributed by atoms with Crippen molar-refractivity contribution in [2.24, 2.45) is 11.8 Å². The van der Waals surface area contributed by atoms with Gasteiger partial charge in [0.05, 0.1) is 12.9 Å². The quantitative estimate of drug-likeness (QED) is 0.628. The van der Waals surface area contributed by atoms with Gasteiger partial charge in [0.15, 0.2) is 5.69 Å². The van der Waals surface area contributed by atoms with Crippen molar-refractivity contribution in [1.29, 1.82) is 0 Å². The molecule has 0 aliphatic heterocycles. The second-order valence-electron chi connectivity index (χ2n) is 5.33. The standard InChI is InChI=1S/C16H17NO3S/c1-11-4-2-3-5-12(11)9-20-16(18)14-10-21-15(17-14)13-6-7-19-8-13/h2-3,6-8,10-12H,4-5,9H2,1H3. The highest BCUT2D eigenvalue weighted by molar-refractivity contribution is 7.13. The molecule has 2 unspecified atom stereocenters. The fraction of sp³-hybridized carbons (Fsp3) is 0.375. The third-order valence-electron chi connectivity index (χ3n) is 3.83. The van der Waals surface area contributed by atoms with Gasteiger partial charge in [0, 0.05) is 10.9 Å².